The van der Waals surface area contributed by atoms with Crippen molar-refractivity contribution in [2.24, 2.45) is 0 Å². The molecule has 0 aliphatic heterocycles. The van der Waals surface area contributed by atoms with E-state index in [1.807, 2.05) is 31.2 Å². The zero-order valence-electron chi connectivity index (χ0n) is 11.2. The Bertz CT molecular complexity index is 814. The van der Waals surface area contributed by atoms with Crippen molar-refractivity contribution >= 4 is 21.7 Å². The SMILES string of the molecule is Cc1cccc(-c2c(N)noc2-c2ccc(F)c(Br)c2)c1. The average molecular weight is 347 g/mol. The molecule has 0 bridgehead atoms. The van der Waals surface area contributed by atoms with Gasteiger partial charge < -0.3 is 10.3 Å². The minimum atomic E-state index is -0.330. The van der Waals surface area contributed by atoms with E-state index in [2.05, 4.69) is 21.1 Å². The van der Waals surface area contributed by atoms with Crippen molar-refractivity contribution < 1.29 is 8.91 Å². The van der Waals surface area contributed by atoms with E-state index in [1.165, 1.54) is 6.07 Å². The second-order valence-corrected chi connectivity index (χ2v) is 5.62. The lowest BCUT2D eigenvalue weighted by Gasteiger charge is -2.05. The van der Waals surface area contributed by atoms with Gasteiger partial charge in [0.2, 0.25) is 0 Å². The number of benzene rings is 2. The molecule has 0 amide bonds. The van der Waals surface area contributed by atoms with Gasteiger partial charge in [0.05, 0.1) is 10.0 Å². The number of aryl methyl sites for hydroxylation is 1. The zero-order valence-corrected chi connectivity index (χ0v) is 12.8. The molecule has 0 radical (unpaired) electrons. The number of hydrogen-bond donors (Lipinski definition) is 1. The van der Waals surface area contributed by atoms with Gasteiger partial charge >= 0.3 is 0 Å². The quantitative estimate of drug-likeness (QED) is 0.724. The van der Waals surface area contributed by atoms with Crippen LogP contribution in [0.25, 0.3) is 22.5 Å². The maximum Gasteiger partial charge on any atom is 0.176 e. The Morgan fingerprint density at radius 3 is 2.67 bits per heavy atom. The molecule has 0 spiro atoms. The number of nitrogens with two attached hydrogens (primary N) is 1. The first kappa shape index (κ1) is 13.8. The summed E-state index contributed by atoms with van der Waals surface area (Å²) in [6.07, 6.45) is 0. The van der Waals surface area contributed by atoms with Crippen LogP contribution in [-0.2, 0) is 0 Å². The van der Waals surface area contributed by atoms with Crippen LogP contribution < -0.4 is 5.73 Å². The molecule has 0 saturated carbocycles. The number of aromatic nitrogens is 1. The van der Waals surface area contributed by atoms with Crippen molar-refractivity contribution in [2.45, 2.75) is 6.92 Å². The highest BCUT2D eigenvalue weighted by atomic mass is 79.9. The van der Waals surface area contributed by atoms with Gasteiger partial charge in [-0.05, 0) is 46.6 Å². The highest BCUT2D eigenvalue weighted by Crippen LogP contribution is 2.37. The number of nitrogen functional groups attached to an aromatic ring is 1. The summed E-state index contributed by atoms with van der Waals surface area (Å²) in [6, 6.07) is 12.6. The molecule has 0 aliphatic rings. The van der Waals surface area contributed by atoms with Crippen LogP contribution in [0.2, 0.25) is 0 Å². The molecule has 3 rings (SSSR count). The third kappa shape index (κ3) is 2.56. The maximum atomic E-state index is 13.4. The van der Waals surface area contributed by atoms with E-state index in [1.54, 1.807) is 12.1 Å². The maximum absolute atomic E-state index is 13.4. The molecule has 3 nitrogen and oxygen atoms in total. The van der Waals surface area contributed by atoms with Gasteiger partial charge in [0.15, 0.2) is 11.6 Å². The third-order valence-electron chi connectivity index (χ3n) is 3.21. The van der Waals surface area contributed by atoms with Gasteiger partial charge in [-0.2, -0.15) is 0 Å². The lowest BCUT2D eigenvalue weighted by Crippen LogP contribution is -1.89. The van der Waals surface area contributed by atoms with Crippen LogP contribution in [0.5, 0.6) is 0 Å². The summed E-state index contributed by atoms with van der Waals surface area (Å²) >= 11 is 3.17. The van der Waals surface area contributed by atoms with Crippen LogP contribution >= 0.6 is 15.9 Å². The number of nitrogens with zero attached hydrogens (tertiary/aromatic N) is 1. The van der Waals surface area contributed by atoms with E-state index < -0.39 is 0 Å². The van der Waals surface area contributed by atoms with Gasteiger partial charge in [-0.1, -0.05) is 35.0 Å². The summed E-state index contributed by atoms with van der Waals surface area (Å²) in [4.78, 5) is 0. The molecule has 3 aromatic rings. The van der Waals surface area contributed by atoms with E-state index in [0.717, 1.165) is 16.7 Å². The van der Waals surface area contributed by atoms with Crippen molar-refractivity contribution in [2.75, 3.05) is 5.73 Å². The summed E-state index contributed by atoms with van der Waals surface area (Å²) < 4.78 is 19.1. The summed E-state index contributed by atoms with van der Waals surface area (Å²) in [6.45, 7) is 2.00. The number of halogens is 2. The second kappa shape index (κ2) is 5.33. The molecule has 0 atom stereocenters. The Morgan fingerprint density at radius 2 is 1.95 bits per heavy atom. The first-order valence-corrected chi connectivity index (χ1v) is 7.13. The Labute approximate surface area is 129 Å². The molecule has 0 aliphatic carbocycles. The van der Waals surface area contributed by atoms with Gasteiger partial charge in [-0.25, -0.2) is 4.39 Å². The molecule has 5 heteroatoms. The van der Waals surface area contributed by atoms with Gasteiger partial charge in [-0.3, -0.25) is 0 Å². The topological polar surface area (TPSA) is 52.0 Å². The van der Waals surface area contributed by atoms with Gasteiger partial charge in [0, 0.05) is 5.56 Å². The van der Waals surface area contributed by atoms with E-state index in [9.17, 15) is 4.39 Å². The molecule has 2 N–H and O–H groups in total. The lowest BCUT2D eigenvalue weighted by atomic mass is 10.00. The summed E-state index contributed by atoms with van der Waals surface area (Å²) in [5.74, 6) is 0.512. The molecular weight excluding hydrogens is 335 g/mol. The Kier molecular flexibility index (Phi) is 3.51. The smallest absolute Gasteiger partial charge is 0.176 e. The van der Waals surface area contributed by atoms with Crippen molar-refractivity contribution in [1.82, 2.24) is 5.16 Å². The van der Waals surface area contributed by atoms with Crippen molar-refractivity contribution in [3.05, 3.63) is 58.3 Å². The van der Waals surface area contributed by atoms with Crippen molar-refractivity contribution in [3.8, 4) is 22.5 Å². The normalized spacial score (nSPS) is 10.8. The third-order valence-corrected chi connectivity index (χ3v) is 3.81. The van der Waals surface area contributed by atoms with E-state index >= 15 is 0 Å². The first-order valence-electron chi connectivity index (χ1n) is 6.34. The molecule has 0 unspecified atom stereocenters. The molecule has 21 heavy (non-hydrogen) atoms. The number of rotatable bonds is 2. The Hall–Kier alpha value is -2.14. The monoisotopic (exact) mass is 346 g/mol. The van der Waals surface area contributed by atoms with Gasteiger partial charge in [0.25, 0.3) is 0 Å². The van der Waals surface area contributed by atoms with Crippen LogP contribution in [0.1, 0.15) is 5.56 Å². The average Bonchev–Trinajstić information content (AvgIpc) is 2.84. The fourth-order valence-corrected chi connectivity index (χ4v) is 2.60. The predicted molar refractivity (Wildman–Crippen MR) is 84.2 cm³/mol. The minimum Gasteiger partial charge on any atom is -0.380 e. The van der Waals surface area contributed by atoms with Crippen LogP contribution in [0.3, 0.4) is 0 Å². The first-order chi connectivity index (χ1) is 10.1. The number of hydrogen-bond acceptors (Lipinski definition) is 3. The van der Waals surface area contributed by atoms with Gasteiger partial charge in [0.1, 0.15) is 5.82 Å². The fraction of sp³-hybridized carbons (Fsp3) is 0.0625. The molecule has 1 aromatic heterocycles. The molecule has 2 aromatic carbocycles. The highest BCUT2D eigenvalue weighted by Gasteiger charge is 2.18. The van der Waals surface area contributed by atoms with Crippen molar-refractivity contribution in [1.29, 1.82) is 0 Å². The number of anilines is 1. The van der Waals surface area contributed by atoms with Crippen LogP contribution in [-0.4, -0.2) is 5.16 Å². The van der Waals surface area contributed by atoms with Crippen molar-refractivity contribution in [3.63, 3.8) is 0 Å². The van der Waals surface area contributed by atoms with E-state index in [4.69, 9.17) is 10.3 Å². The highest BCUT2D eigenvalue weighted by molar-refractivity contribution is 9.10. The minimum absolute atomic E-state index is 0.316. The zero-order chi connectivity index (χ0) is 15.0. The van der Waals surface area contributed by atoms with E-state index in [-0.39, 0.29) is 5.82 Å². The molecule has 1 heterocycles. The molecule has 0 fully saturated rings. The standard InChI is InChI=1S/C16H12BrFN2O/c1-9-3-2-4-10(7-9)14-15(21-20-16(14)19)11-5-6-13(18)12(17)8-11/h2-8H,1H3,(H2,19,20). The Balaban J connectivity index is 2.19. The van der Waals surface area contributed by atoms with Gasteiger partial charge in [-0.15, -0.1) is 0 Å². The predicted octanol–water partition coefficient (Wildman–Crippen LogP) is 4.80. The summed E-state index contributed by atoms with van der Waals surface area (Å²) in [5.41, 5.74) is 9.40. The fourth-order valence-electron chi connectivity index (χ4n) is 2.22. The van der Waals surface area contributed by atoms with Crippen LogP contribution in [0.4, 0.5) is 10.2 Å². The summed E-state index contributed by atoms with van der Waals surface area (Å²) in [7, 11) is 0. The van der Waals surface area contributed by atoms with Crippen LogP contribution in [0.15, 0.2) is 51.5 Å². The largest absolute Gasteiger partial charge is 0.380 e. The molecular formula is C16H12BrFN2O. The lowest BCUT2D eigenvalue weighted by molar-refractivity contribution is 0.436. The van der Waals surface area contributed by atoms with E-state index in [0.29, 0.717) is 21.6 Å². The van der Waals surface area contributed by atoms with Crippen LogP contribution in [0, 0.1) is 12.7 Å². The molecule has 0 saturated heterocycles. The molecule has 106 valence electrons. The Morgan fingerprint density at radius 1 is 1.14 bits per heavy atom. The second-order valence-electron chi connectivity index (χ2n) is 4.77. The summed E-state index contributed by atoms with van der Waals surface area (Å²) in [5, 5.41) is 3.84.